The number of hydrogen-bond acceptors (Lipinski definition) is 3. The molecule has 0 aliphatic carbocycles. The standard InChI is InChI=1S/C16H25ClN2O2/c1-15(2,3)21-14(20)19-13-7-6-11(10-12(13)17)8-9-16(4,5)18/h6-7,10H,8-9,18H2,1-5H3,(H,19,20). The Morgan fingerprint density at radius 2 is 1.90 bits per heavy atom. The van der Waals surface area contributed by atoms with Gasteiger partial charge in [0, 0.05) is 5.54 Å². The molecule has 0 fully saturated rings. The number of aryl methyl sites for hydroxylation is 1. The summed E-state index contributed by atoms with van der Waals surface area (Å²) in [7, 11) is 0. The Bertz CT molecular complexity index is 502. The topological polar surface area (TPSA) is 64.3 Å². The Kier molecular flexibility index (Phi) is 5.65. The van der Waals surface area contributed by atoms with Gasteiger partial charge in [-0.3, -0.25) is 5.32 Å². The highest BCUT2D eigenvalue weighted by Crippen LogP contribution is 2.25. The van der Waals surface area contributed by atoms with Crippen LogP contribution in [-0.2, 0) is 11.2 Å². The first-order valence-electron chi connectivity index (χ1n) is 7.04. The quantitative estimate of drug-likeness (QED) is 0.868. The number of carbonyl (C=O) groups is 1. The van der Waals surface area contributed by atoms with Crippen LogP contribution in [0.15, 0.2) is 18.2 Å². The minimum absolute atomic E-state index is 0.208. The fourth-order valence-corrected chi connectivity index (χ4v) is 1.95. The Morgan fingerprint density at radius 1 is 1.29 bits per heavy atom. The Balaban J connectivity index is 2.68. The first-order valence-corrected chi connectivity index (χ1v) is 7.41. The van der Waals surface area contributed by atoms with E-state index in [1.807, 2.05) is 46.8 Å². The second-order valence-corrected chi connectivity index (χ2v) is 7.34. The van der Waals surface area contributed by atoms with E-state index >= 15 is 0 Å². The monoisotopic (exact) mass is 312 g/mol. The van der Waals surface area contributed by atoms with Gasteiger partial charge in [-0.05, 0) is 65.2 Å². The van der Waals surface area contributed by atoms with Crippen molar-refractivity contribution in [1.29, 1.82) is 0 Å². The van der Waals surface area contributed by atoms with E-state index in [2.05, 4.69) is 5.32 Å². The summed E-state index contributed by atoms with van der Waals surface area (Å²) >= 11 is 6.19. The molecule has 1 amide bonds. The van der Waals surface area contributed by atoms with Crippen molar-refractivity contribution in [3.8, 4) is 0 Å². The highest BCUT2D eigenvalue weighted by atomic mass is 35.5. The minimum atomic E-state index is -0.538. The smallest absolute Gasteiger partial charge is 0.412 e. The molecule has 4 nitrogen and oxygen atoms in total. The van der Waals surface area contributed by atoms with Gasteiger partial charge in [0.15, 0.2) is 0 Å². The molecule has 1 aromatic carbocycles. The van der Waals surface area contributed by atoms with E-state index in [1.165, 1.54) is 0 Å². The zero-order valence-corrected chi connectivity index (χ0v) is 14.2. The molecule has 0 atom stereocenters. The third-order valence-electron chi connectivity index (χ3n) is 2.73. The predicted molar refractivity (Wildman–Crippen MR) is 87.9 cm³/mol. The molecule has 0 aliphatic rings. The Hall–Kier alpha value is -1.26. The van der Waals surface area contributed by atoms with E-state index in [0.717, 1.165) is 18.4 Å². The highest BCUT2D eigenvalue weighted by molar-refractivity contribution is 6.33. The molecule has 0 saturated heterocycles. The van der Waals surface area contributed by atoms with E-state index in [-0.39, 0.29) is 5.54 Å². The van der Waals surface area contributed by atoms with Crippen LogP contribution < -0.4 is 11.1 Å². The average molecular weight is 313 g/mol. The van der Waals surface area contributed by atoms with Gasteiger partial charge in [-0.2, -0.15) is 0 Å². The van der Waals surface area contributed by atoms with Crippen molar-refractivity contribution >= 4 is 23.4 Å². The van der Waals surface area contributed by atoms with E-state index in [0.29, 0.717) is 10.7 Å². The number of nitrogens with two attached hydrogens (primary N) is 1. The van der Waals surface area contributed by atoms with Gasteiger partial charge in [-0.1, -0.05) is 17.7 Å². The third kappa shape index (κ3) is 7.34. The molecule has 3 N–H and O–H groups in total. The predicted octanol–water partition coefficient (Wildman–Crippen LogP) is 4.36. The zero-order chi connectivity index (χ0) is 16.3. The Labute approximate surface area is 132 Å². The number of hydrogen-bond donors (Lipinski definition) is 2. The van der Waals surface area contributed by atoms with Crippen LogP contribution in [0.1, 0.15) is 46.6 Å². The lowest BCUT2D eigenvalue weighted by Gasteiger charge is -2.20. The van der Waals surface area contributed by atoms with E-state index < -0.39 is 11.7 Å². The molecule has 0 unspecified atom stereocenters. The average Bonchev–Trinajstić information content (AvgIpc) is 2.26. The molecule has 1 rings (SSSR count). The van der Waals surface area contributed by atoms with Crippen molar-refractivity contribution in [3.05, 3.63) is 28.8 Å². The summed E-state index contributed by atoms with van der Waals surface area (Å²) in [6, 6.07) is 5.56. The van der Waals surface area contributed by atoms with Crippen LogP contribution >= 0.6 is 11.6 Å². The largest absolute Gasteiger partial charge is 0.444 e. The molecular formula is C16H25ClN2O2. The van der Waals surface area contributed by atoms with Crippen LogP contribution in [0.4, 0.5) is 10.5 Å². The molecule has 0 bridgehead atoms. The number of nitrogens with one attached hydrogen (secondary N) is 1. The van der Waals surface area contributed by atoms with Crippen LogP contribution in [0.3, 0.4) is 0 Å². The van der Waals surface area contributed by atoms with Gasteiger partial charge in [0.2, 0.25) is 0 Å². The minimum Gasteiger partial charge on any atom is -0.444 e. The summed E-state index contributed by atoms with van der Waals surface area (Å²) in [5.41, 5.74) is 6.86. The molecule has 0 aromatic heterocycles. The molecule has 0 spiro atoms. The van der Waals surface area contributed by atoms with Gasteiger partial charge in [0.05, 0.1) is 10.7 Å². The first-order chi connectivity index (χ1) is 9.46. The fourth-order valence-electron chi connectivity index (χ4n) is 1.70. The maximum Gasteiger partial charge on any atom is 0.412 e. The Morgan fingerprint density at radius 3 is 2.38 bits per heavy atom. The maximum absolute atomic E-state index is 11.7. The third-order valence-corrected chi connectivity index (χ3v) is 3.04. The molecule has 21 heavy (non-hydrogen) atoms. The first kappa shape index (κ1) is 17.8. The molecule has 0 saturated carbocycles. The number of amides is 1. The number of anilines is 1. The molecule has 0 aliphatic heterocycles. The second kappa shape index (κ2) is 6.67. The van der Waals surface area contributed by atoms with Crippen LogP contribution in [0, 0.1) is 0 Å². The van der Waals surface area contributed by atoms with Crippen molar-refractivity contribution in [2.45, 2.75) is 58.6 Å². The van der Waals surface area contributed by atoms with Gasteiger partial charge in [0.25, 0.3) is 0 Å². The van der Waals surface area contributed by atoms with Crippen molar-refractivity contribution in [1.82, 2.24) is 0 Å². The molecule has 0 heterocycles. The highest BCUT2D eigenvalue weighted by Gasteiger charge is 2.17. The summed E-state index contributed by atoms with van der Waals surface area (Å²) in [6.07, 6.45) is 1.19. The number of ether oxygens (including phenoxy) is 1. The van der Waals surface area contributed by atoms with Crippen LogP contribution in [0.25, 0.3) is 0 Å². The van der Waals surface area contributed by atoms with Crippen LogP contribution in [0.2, 0.25) is 5.02 Å². The van der Waals surface area contributed by atoms with Gasteiger partial charge in [0.1, 0.15) is 5.60 Å². The fraction of sp³-hybridized carbons (Fsp3) is 0.562. The van der Waals surface area contributed by atoms with E-state index in [1.54, 1.807) is 6.07 Å². The lowest BCUT2D eigenvalue weighted by molar-refractivity contribution is 0.0636. The zero-order valence-electron chi connectivity index (χ0n) is 13.4. The number of carbonyl (C=O) groups excluding carboxylic acids is 1. The van der Waals surface area contributed by atoms with Gasteiger partial charge in [-0.15, -0.1) is 0 Å². The van der Waals surface area contributed by atoms with Crippen molar-refractivity contribution < 1.29 is 9.53 Å². The lowest BCUT2D eigenvalue weighted by Crippen LogP contribution is -2.32. The molecule has 5 heteroatoms. The molecule has 1 aromatic rings. The number of benzene rings is 1. The van der Waals surface area contributed by atoms with Gasteiger partial charge < -0.3 is 10.5 Å². The van der Waals surface area contributed by atoms with E-state index in [9.17, 15) is 4.79 Å². The number of rotatable bonds is 4. The van der Waals surface area contributed by atoms with E-state index in [4.69, 9.17) is 22.1 Å². The summed E-state index contributed by atoms with van der Waals surface area (Å²) < 4.78 is 5.19. The van der Waals surface area contributed by atoms with Crippen molar-refractivity contribution in [2.75, 3.05) is 5.32 Å². The molecule has 118 valence electrons. The molecular weight excluding hydrogens is 288 g/mol. The second-order valence-electron chi connectivity index (χ2n) is 6.93. The van der Waals surface area contributed by atoms with Crippen LogP contribution in [-0.4, -0.2) is 17.2 Å². The SMILES string of the molecule is CC(C)(N)CCc1ccc(NC(=O)OC(C)(C)C)c(Cl)c1. The summed E-state index contributed by atoms with van der Waals surface area (Å²) in [6.45, 7) is 9.42. The van der Waals surface area contributed by atoms with Gasteiger partial charge >= 0.3 is 6.09 Å². The van der Waals surface area contributed by atoms with Crippen molar-refractivity contribution in [2.24, 2.45) is 5.73 Å². The van der Waals surface area contributed by atoms with Crippen LogP contribution in [0.5, 0.6) is 0 Å². The normalized spacial score (nSPS) is 12.1. The van der Waals surface area contributed by atoms with Crippen molar-refractivity contribution in [3.63, 3.8) is 0 Å². The summed E-state index contributed by atoms with van der Waals surface area (Å²) in [5, 5.41) is 3.14. The maximum atomic E-state index is 11.7. The molecule has 0 radical (unpaired) electrons. The summed E-state index contributed by atoms with van der Waals surface area (Å²) in [5.74, 6) is 0. The summed E-state index contributed by atoms with van der Waals surface area (Å²) in [4.78, 5) is 11.7. The van der Waals surface area contributed by atoms with Gasteiger partial charge in [-0.25, -0.2) is 4.79 Å². The lowest BCUT2D eigenvalue weighted by atomic mass is 9.96. The number of halogens is 1.